The first kappa shape index (κ1) is 13.9. The number of nitro benzene ring substituents is 1. The van der Waals surface area contributed by atoms with Crippen molar-refractivity contribution in [3.8, 4) is 0 Å². The number of nitrogens with one attached hydrogen (secondary N) is 1. The predicted molar refractivity (Wildman–Crippen MR) is 69.0 cm³/mol. The maximum Gasteiger partial charge on any atom is 0.289 e. The molecule has 0 bridgehead atoms. The van der Waals surface area contributed by atoms with Crippen LogP contribution in [0.25, 0.3) is 0 Å². The molecule has 1 aromatic carbocycles. The van der Waals surface area contributed by atoms with Crippen molar-refractivity contribution in [1.82, 2.24) is 4.72 Å². The van der Waals surface area contributed by atoms with E-state index < -0.39 is 20.6 Å². The number of nitrogens with two attached hydrogens (primary N) is 1. The van der Waals surface area contributed by atoms with Crippen LogP contribution in [0, 0.1) is 10.1 Å². The van der Waals surface area contributed by atoms with Crippen molar-refractivity contribution in [3.63, 3.8) is 0 Å². The van der Waals surface area contributed by atoms with Gasteiger partial charge in [0.1, 0.15) is 0 Å². The maximum atomic E-state index is 12.2. The van der Waals surface area contributed by atoms with Crippen LogP contribution in [-0.4, -0.2) is 25.4 Å². The topological polar surface area (TPSA) is 115 Å². The lowest BCUT2D eigenvalue weighted by Gasteiger charge is -2.17. The molecule has 19 heavy (non-hydrogen) atoms. The number of rotatable bonds is 4. The Morgan fingerprint density at radius 3 is 2.58 bits per heavy atom. The number of hydrogen-bond acceptors (Lipinski definition) is 5. The first-order valence-electron chi connectivity index (χ1n) is 5.93. The zero-order chi connectivity index (χ0) is 14.0. The van der Waals surface area contributed by atoms with Crippen LogP contribution in [0.3, 0.4) is 0 Å². The van der Waals surface area contributed by atoms with Crippen molar-refractivity contribution in [2.75, 3.05) is 0 Å². The Kier molecular flexibility index (Phi) is 3.83. The Bertz CT molecular complexity index is 587. The third-order valence-electron chi connectivity index (χ3n) is 3.23. The Morgan fingerprint density at radius 2 is 2.00 bits per heavy atom. The van der Waals surface area contributed by atoms with E-state index in [4.69, 9.17) is 5.73 Å². The standard InChI is InChI=1S/C11H15N3O4S/c12-8-4-3-5-9(8)13-19(17,18)11-7-2-1-6-10(11)14(15)16/h1-2,6-9,13H,3-5,12H2/t8-,9-/m1/s1. The van der Waals surface area contributed by atoms with Crippen LogP contribution in [0.4, 0.5) is 5.69 Å². The zero-order valence-corrected chi connectivity index (χ0v) is 11.0. The van der Waals surface area contributed by atoms with E-state index in [1.807, 2.05) is 0 Å². The molecule has 0 unspecified atom stereocenters. The van der Waals surface area contributed by atoms with Crippen LogP contribution in [0.15, 0.2) is 29.2 Å². The summed E-state index contributed by atoms with van der Waals surface area (Å²) in [4.78, 5) is 9.83. The lowest BCUT2D eigenvalue weighted by Crippen LogP contribution is -2.43. The highest BCUT2D eigenvalue weighted by Crippen LogP contribution is 2.25. The van der Waals surface area contributed by atoms with Gasteiger partial charge >= 0.3 is 0 Å². The molecule has 0 amide bonds. The fourth-order valence-electron chi connectivity index (χ4n) is 2.23. The predicted octanol–water partition coefficient (Wildman–Crippen LogP) is 0.753. The van der Waals surface area contributed by atoms with Gasteiger partial charge in [-0.1, -0.05) is 18.6 Å². The average molecular weight is 285 g/mol. The normalized spacial score (nSPS) is 23.4. The highest BCUT2D eigenvalue weighted by Gasteiger charge is 2.32. The van der Waals surface area contributed by atoms with E-state index in [2.05, 4.69) is 4.72 Å². The summed E-state index contributed by atoms with van der Waals surface area (Å²) in [6, 6.07) is 4.68. The minimum absolute atomic E-state index is 0.238. The number of nitro groups is 1. The summed E-state index contributed by atoms with van der Waals surface area (Å²) in [6.07, 6.45) is 2.26. The van der Waals surface area contributed by atoms with Gasteiger partial charge in [0.2, 0.25) is 10.0 Å². The quantitative estimate of drug-likeness (QED) is 0.625. The van der Waals surface area contributed by atoms with E-state index in [-0.39, 0.29) is 17.0 Å². The van der Waals surface area contributed by atoms with Gasteiger partial charge in [-0.2, -0.15) is 0 Å². The number of para-hydroxylation sites is 1. The molecule has 2 rings (SSSR count). The molecule has 0 saturated heterocycles. The molecular weight excluding hydrogens is 270 g/mol. The van der Waals surface area contributed by atoms with Crippen LogP contribution in [0.2, 0.25) is 0 Å². The van der Waals surface area contributed by atoms with Gasteiger partial charge in [-0.15, -0.1) is 0 Å². The molecule has 1 fully saturated rings. The smallest absolute Gasteiger partial charge is 0.289 e. The third-order valence-corrected chi connectivity index (χ3v) is 4.76. The van der Waals surface area contributed by atoms with Gasteiger partial charge in [-0.25, -0.2) is 13.1 Å². The Morgan fingerprint density at radius 1 is 1.32 bits per heavy atom. The Hall–Kier alpha value is -1.51. The molecule has 1 saturated carbocycles. The molecule has 0 aromatic heterocycles. The van der Waals surface area contributed by atoms with E-state index in [0.29, 0.717) is 6.42 Å². The van der Waals surface area contributed by atoms with E-state index in [1.54, 1.807) is 0 Å². The molecule has 1 aromatic rings. The van der Waals surface area contributed by atoms with Gasteiger partial charge < -0.3 is 5.73 Å². The lowest BCUT2D eigenvalue weighted by atomic mass is 10.2. The van der Waals surface area contributed by atoms with Crippen molar-refractivity contribution >= 4 is 15.7 Å². The van der Waals surface area contributed by atoms with E-state index in [9.17, 15) is 18.5 Å². The largest absolute Gasteiger partial charge is 0.326 e. The fourth-order valence-corrected chi connectivity index (χ4v) is 3.73. The summed E-state index contributed by atoms with van der Waals surface area (Å²) in [7, 11) is -3.92. The molecule has 104 valence electrons. The van der Waals surface area contributed by atoms with Crippen molar-refractivity contribution < 1.29 is 13.3 Å². The van der Waals surface area contributed by atoms with Crippen molar-refractivity contribution in [2.45, 2.75) is 36.2 Å². The van der Waals surface area contributed by atoms with Crippen LogP contribution in [0.5, 0.6) is 0 Å². The van der Waals surface area contributed by atoms with Gasteiger partial charge in [0.25, 0.3) is 5.69 Å². The van der Waals surface area contributed by atoms with Crippen LogP contribution in [0.1, 0.15) is 19.3 Å². The van der Waals surface area contributed by atoms with Crippen LogP contribution >= 0.6 is 0 Å². The number of sulfonamides is 1. The zero-order valence-electron chi connectivity index (χ0n) is 10.2. The highest BCUT2D eigenvalue weighted by atomic mass is 32.2. The first-order chi connectivity index (χ1) is 8.92. The van der Waals surface area contributed by atoms with Crippen molar-refractivity contribution in [3.05, 3.63) is 34.4 Å². The number of benzene rings is 1. The Balaban J connectivity index is 2.32. The minimum Gasteiger partial charge on any atom is -0.326 e. The second kappa shape index (κ2) is 5.24. The van der Waals surface area contributed by atoms with Crippen LogP contribution in [-0.2, 0) is 10.0 Å². The van der Waals surface area contributed by atoms with Crippen molar-refractivity contribution in [1.29, 1.82) is 0 Å². The van der Waals surface area contributed by atoms with Gasteiger partial charge in [0.15, 0.2) is 4.90 Å². The van der Waals surface area contributed by atoms with E-state index >= 15 is 0 Å². The first-order valence-corrected chi connectivity index (χ1v) is 7.41. The second-order valence-electron chi connectivity index (χ2n) is 4.55. The molecule has 0 aliphatic heterocycles. The summed E-state index contributed by atoms with van der Waals surface area (Å²) in [5, 5.41) is 10.9. The molecule has 0 radical (unpaired) electrons. The van der Waals surface area contributed by atoms with Gasteiger partial charge in [0, 0.05) is 18.2 Å². The lowest BCUT2D eigenvalue weighted by molar-refractivity contribution is -0.387. The number of nitrogens with zero attached hydrogens (tertiary/aromatic N) is 1. The molecule has 3 N–H and O–H groups in total. The van der Waals surface area contributed by atoms with E-state index in [1.165, 1.54) is 24.3 Å². The maximum absolute atomic E-state index is 12.2. The average Bonchev–Trinajstić information content (AvgIpc) is 2.74. The molecule has 0 heterocycles. The molecular formula is C11H15N3O4S. The van der Waals surface area contributed by atoms with Gasteiger partial charge in [-0.05, 0) is 18.9 Å². The summed E-state index contributed by atoms with van der Waals surface area (Å²) < 4.78 is 26.8. The highest BCUT2D eigenvalue weighted by molar-refractivity contribution is 7.89. The molecule has 7 nitrogen and oxygen atoms in total. The third kappa shape index (κ3) is 2.91. The molecule has 2 atom stereocenters. The summed E-state index contributed by atoms with van der Waals surface area (Å²) in [6.45, 7) is 0. The monoisotopic (exact) mass is 285 g/mol. The summed E-state index contributed by atoms with van der Waals surface area (Å²) in [5.74, 6) is 0. The van der Waals surface area contributed by atoms with Crippen molar-refractivity contribution in [2.24, 2.45) is 5.73 Å². The Labute approximate surface area is 111 Å². The molecule has 1 aliphatic carbocycles. The molecule has 0 spiro atoms. The van der Waals surface area contributed by atoms with Crippen LogP contribution < -0.4 is 10.5 Å². The minimum atomic E-state index is -3.92. The van der Waals surface area contributed by atoms with Gasteiger partial charge in [-0.3, -0.25) is 10.1 Å². The number of hydrogen-bond donors (Lipinski definition) is 2. The summed E-state index contributed by atoms with van der Waals surface area (Å²) in [5.41, 5.74) is 5.37. The van der Waals surface area contributed by atoms with Gasteiger partial charge in [0.05, 0.1) is 4.92 Å². The SMILES string of the molecule is N[C@@H]1CCC[C@H]1NS(=O)(=O)c1ccccc1[N+](=O)[O-]. The summed E-state index contributed by atoms with van der Waals surface area (Å²) >= 11 is 0. The second-order valence-corrected chi connectivity index (χ2v) is 6.23. The molecule has 1 aliphatic rings. The fraction of sp³-hybridized carbons (Fsp3) is 0.455. The van der Waals surface area contributed by atoms with E-state index in [0.717, 1.165) is 12.8 Å². The molecule has 8 heteroatoms.